The summed E-state index contributed by atoms with van der Waals surface area (Å²) in [7, 11) is -9.90. The van der Waals surface area contributed by atoms with E-state index in [0.29, 0.717) is 37.5 Å². The number of carbonyl (C=O) groups is 4. The average molecular weight is 1300 g/mol. The van der Waals surface area contributed by atoms with Gasteiger partial charge in [-0.2, -0.15) is 0 Å². The number of hydrogen-bond donors (Lipinski definition) is 3. The Kier molecular flexibility index (Phi) is 57.6. The number of rotatable bonds is 66. The van der Waals surface area contributed by atoms with E-state index in [2.05, 4.69) is 55.4 Å². The molecule has 88 heavy (non-hydrogen) atoms. The maximum Gasteiger partial charge on any atom is 0.472 e. The molecule has 17 nitrogen and oxygen atoms in total. The molecule has 19 heteroatoms. The Labute approximate surface area is 537 Å². The van der Waals surface area contributed by atoms with E-state index in [1.807, 2.05) is 0 Å². The van der Waals surface area contributed by atoms with Crippen LogP contribution in [0.25, 0.3) is 0 Å². The highest BCUT2D eigenvalue weighted by Crippen LogP contribution is 2.45. The number of hydrogen-bond acceptors (Lipinski definition) is 15. The van der Waals surface area contributed by atoms with Gasteiger partial charge in [0.15, 0.2) is 12.2 Å². The third-order valence-corrected chi connectivity index (χ3v) is 17.7. The van der Waals surface area contributed by atoms with Crippen LogP contribution in [0.5, 0.6) is 0 Å². The van der Waals surface area contributed by atoms with Gasteiger partial charge < -0.3 is 33.8 Å². The lowest BCUT2D eigenvalue weighted by Crippen LogP contribution is -2.30. The van der Waals surface area contributed by atoms with Crippen molar-refractivity contribution < 1.29 is 80.2 Å². The van der Waals surface area contributed by atoms with Crippen LogP contribution in [-0.4, -0.2) is 96.7 Å². The standard InChI is InChI=1S/C69H134O17P2/c1-59(2)45-37-29-21-17-15-13-11-9-10-12-14-16-18-23-35-43-51-68(73)85-64(55-79-66(71)49-41-33-27-25-31-39-47-61(5)6)57-83-87(75,76)81-53-63(70)54-82-88(77,78)84-58-65(56-80-67(72)50-42-34-28-26-32-40-48-62(7)8)86-69(74)52-44-36-24-20-19-22-30-38-46-60(3)4/h59-65,70H,9-58H2,1-8H3,(H,75,76)(H,77,78)/t63?,64-,65-/m1/s1. The second kappa shape index (κ2) is 58.8. The van der Waals surface area contributed by atoms with Crippen LogP contribution >= 0.6 is 15.6 Å². The smallest absolute Gasteiger partial charge is 0.462 e. The minimum absolute atomic E-state index is 0.103. The fourth-order valence-electron chi connectivity index (χ4n) is 10.3. The van der Waals surface area contributed by atoms with Crippen LogP contribution in [-0.2, 0) is 65.4 Å². The first-order valence-corrected chi connectivity index (χ1v) is 38.7. The highest BCUT2D eigenvalue weighted by Gasteiger charge is 2.30. The van der Waals surface area contributed by atoms with E-state index in [9.17, 15) is 43.2 Å². The quantitative estimate of drug-likeness (QED) is 0.0222. The molecule has 3 unspecified atom stereocenters. The van der Waals surface area contributed by atoms with Crippen molar-refractivity contribution in [3.8, 4) is 0 Å². The molecule has 0 aromatic rings. The van der Waals surface area contributed by atoms with Gasteiger partial charge in [-0.05, 0) is 49.4 Å². The van der Waals surface area contributed by atoms with Crippen LogP contribution in [0.2, 0.25) is 0 Å². The molecule has 0 fully saturated rings. The Bertz CT molecular complexity index is 1750. The molecule has 0 radical (unpaired) electrons. The van der Waals surface area contributed by atoms with Crippen LogP contribution in [0, 0.1) is 23.7 Å². The van der Waals surface area contributed by atoms with Gasteiger partial charge in [-0.25, -0.2) is 9.13 Å². The molecule has 0 amide bonds. The molecule has 5 atom stereocenters. The Morgan fingerprint density at radius 2 is 0.477 bits per heavy atom. The lowest BCUT2D eigenvalue weighted by Gasteiger charge is -2.21. The van der Waals surface area contributed by atoms with E-state index >= 15 is 0 Å². The van der Waals surface area contributed by atoms with E-state index in [1.54, 1.807) is 0 Å². The van der Waals surface area contributed by atoms with Crippen molar-refractivity contribution in [1.29, 1.82) is 0 Å². The molecule has 522 valence electrons. The van der Waals surface area contributed by atoms with E-state index in [1.165, 1.54) is 128 Å². The molecule has 0 saturated heterocycles. The van der Waals surface area contributed by atoms with Crippen molar-refractivity contribution in [1.82, 2.24) is 0 Å². The second-order valence-electron chi connectivity index (χ2n) is 26.8. The SMILES string of the molecule is CC(C)CCCCCCCCCCCCCCCCCCC(=O)O[C@H](COC(=O)CCCCCCCCC(C)C)COP(=O)(O)OCC(O)COP(=O)(O)OC[C@@H](COC(=O)CCCCCCCCC(C)C)OC(=O)CCCCCCCCCCC(C)C. The maximum absolute atomic E-state index is 13.0. The summed E-state index contributed by atoms with van der Waals surface area (Å²) >= 11 is 0. The van der Waals surface area contributed by atoms with Crippen molar-refractivity contribution in [2.45, 2.75) is 356 Å². The zero-order chi connectivity index (χ0) is 65.4. The number of unbranched alkanes of at least 4 members (excludes halogenated alkanes) is 32. The Hall–Kier alpha value is -1.94. The molecule has 0 saturated carbocycles. The van der Waals surface area contributed by atoms with Crippen molar-refractivity contribution in [2.24, 2.45) is 23.7 Å². The Morgan fingerprint density at radius 3 is 0.705 bits per heavy atom. The Balaban J connectivity index is 5.17. The number of aliphatic hydroxyl groups is 1. The fraction of sp³-hybridized carbons (Fsp3) is 0.942. The molecule has 0 heterocycles. The highest BCUT2D eigenvalue weighted by atomic mass is 31.2. The number of ether oxygens (including phenoxy) is 4. The van der Waals surface area contributed by atoms with Crippen molar-refractivity contribution in [3.63, 3.8) is 0 Å². The summed E-state index contributed by atoms with van der Waals surface area (Å²) in [4.78, 5) is 72.4. The summed E-state index contributed by atoms with van der Waals surface area (Å²) in [6.45, 7) is 14.0. The number of esters is 4. The third-order valence-electron chi connectivity index (χ3n) is 15.8. The maximum atomic E-state index is 13.0. The van der Waals surface area contributed by atoms with Gasteiger partial charge in [0, 0.05) is 25.7 Å². The van der Waals surface area contributed by atoms with Gasteiger partial charge in [-0.3, -0.25) is 37.3 Å². The summed E-state index contributed by atoms with van der Waals surface area (Å²) < 4.78 is 68.1. The molecule has 0 aliphatic heterocycles. The van der Waals surface area contributed by atoms with Crippen LogP contribution in [0.15, 0.2) is 0 Å². The minimum atomic E-state index is -4.95. The molecule has 3 N–H and O–H groups in total. The largest absolute Gasteiger partial charge is 0.472 e. The Morgan fingerprint density at radius 1 is 0.284 bits per heavy atom. The van der Waals surface area contributed by atoms with Crippen LogP contribution < -0.4 is 0 Å². The van der Waals surface area contributed by atoms with E-state index in [-0.39, 0.29) is 25.7 Å². The van der Waals surface area contributed by atoms with Gasteiger partial charge in [0.05, 0.1) is 26.4 Å². The lowest BCUT2D eigenvalue weighted by atomic mass is 10.0. The zero-order valence-electron chi connectivity index (χ0n) is 57.3. The summed E-state index contributed by atoms with van der Waals surface area (Å²) in [5.41, 5.74) is 0. The zero-order valence-corrected chi connectivity index (χ0v) is 59.1. The van der Waals surface area contributed by atoms with E-state index in [4.69, 9.17) is 37.0 Å². The van der Waals surface area contributed by atoms with Crippen LogP contribution in [0.1, 0.15) is 338 Å². The number of phosphoric acid groups is 2. The molecule has 0 aliphatic carbocycles. The summed E-state index contributed by atoms with van der Waals surface area (Å²) in [6, 6.07) is 0. The van der Waals surface area contributed by atoms with Gasteiger partial charge in [0.2, 0.25) is 0 Å². The molecule has 0 rings (SSSR count). The van der Waals surface area contributed by atoms with Crippen LogP contribution in [0.4, 0.5) is 0 Å². The van der Waals surface area contributed by atoms with E-state index < -0.39 is 97.5 Å². The average Bonchev–Trinajstić information content (AvgIpc) is 3.63. The monoisotopic (exact) mass is 1300 g/mol. The van der Waals surface area contributed by atoms with Gasteiger partial charge in [0.1, 0.15) is 19.3 Å². The molecule has 0 spiro atoms. The first-order chi connectivity index (χ1) is 42.1. The molecule has 0 aliphatic rings. The summed E-state index contributed by atoms with van der Waals surface area (Å²) in [6.07, 6.45) is 40.8. The lowest BCUT2D eigenvalue weighted by molar-refractivity contribution is -0.161. The van der Waals surface area contributed by atoms with Gasteiger partial charge >= 0.3 is 39.5 Å². The van der Waals surface area contributed by atoms with Gasteiger partial charge in [0.25, 0.3) is 0 Å². The molecule has 0 aromatic heterocycles. The van der Waals surface area contributed by atoms with Gasteiger partial charge in [-0.1, -0.05) is 287 Å². The van der Waals surface area contributed by atoms with Crippen molar-refractivity contribution in [3.05, 3.63) is 0 Å². The number of carbonyl (C=O) groups excluding carboxylic acids is 4. The normalized spacial score (nSPS) is 14.3. The van der Waals surface area contributed by atoms with Crippen LogP contribution in [0.3, 0.4) is 0 Å². The van der Waals surface area contributed by atoms with Crippen molar-refractivity contribution >= 4 is 39.5 Å². The second-order valence-corrected chi connectivity index (χ2v) is 29.7. The predicted molar refractivity (Wildman–Crippen MR) is 354 cm³/mol. The molecular formula is C69H134O17P2. The molecule has 0 bridgehead atoms. The topological polar surface area (TPSA) is 237 Å². The first kappa shape index (κ1) is 86.1. The molecular weight excluding hydrogens is 1160 g/mol. The fourth-order valence-corrected chi connectivity index (χ4v) is 11.9. The first-order valence-electron chi connectivity index (χ1n) is 35.7. The van der Waals surface area contributed by atoms with E-state index in [0.717, 1.165) is 115 Å². The van der Waals surface area contributed by atoms with Crippen molar-refractivity contribution in [2.75, 3.05) is 39.6 Å². The number of phosphoric ester groups is 2. The highest BCUT2D eigenvalue weighted by molar-refractivity contribution is 7.47. The summed E-state index contributed by atoms with van der Waals surface area (Å²) in [5.74, 6) is 0.750. The summed E-state index contributed by atoms with van der Waals surface area (Å²) in [5, 5.41) is 10.6. The minimum Gasteiger partial charge on any atom is -0.462 e. The number of aliphatic hydroxyl groups excluding tert-OH is 1. The predicted octanol–water partition coefficient (Wildman–Crippen LogP) is 19.3. The molecule has 0 aromatic carbocycles. The van der Waals surface area contributed by atoms with Gasteiger partial charge in [-0.15, -0.1) is 0 Å². The third kappa shape index (κ3) is 62.8.